The lowest BCUT2D eigenvalue weighted by Crippen LogP contribution is -2.23. The molecule has 4 rings (SSSR count). The summed E-state index contributed by atoms with van der Waals surface area (Å²) in [6.45, 7) is 4.07. The Morgan fingerprint density at radius 1 is 1.15 bits per heavy atom. The average Bonchev–Trinajstić information content (AvgIpc) is 3.27. The average molecular weight is 483 g/mol. The van der Waals surface area contributed by atoms with Gasteiger partial charge in [0.1, 0.15) is 5.82 Å². The Bertz CT molecular complexity index is 1350. The molecule has 0 unspecified atom stereocenters. The fraction of sp³-hybridized carbons (Fsp3) is 0.250. The van der Waals surface area contributed by atoms with Gasteiger partial charge in [-0.3, -0.25) is 19.1 Å². The first kappa shape index (κ1) is 23.1. The van der Waals surface area contributed by atoms with Gasteiger partial charge in [0, 0.05) is 24.6 Å². The van der Waals surface area contributed by atoms with Gasteiger partial charge in [0.15, 0.2) is 10.3 Å². The van der Waals surface area contributed by atoms with Crippen molar-refractivity contribution in [1.82, 2.24) is 14.5 Å². The van der Waals surface area contributed by atoms with Crippen LogP contribution in [-0.2, 0) is 17.1 Å². The summed E-state index contributed by atoms with van der Waals surface area (Å²) in [5.74, 6) is -0.339. The minimum absolute atomic E-state index is 0.0437. The molecular weight excluding hydrogens is 459 g/mol. The molecule has 4 aromatic rings. The molecule has 6 nitrogen and oxygen atoms in total. The molecule has 0 aliphatic carbocycles. The maximum absolute atomic E-state index is 14.3. The highest BCUT2D eigenvalue weighted by molar-refractivity contribution is 7.98. The highest BCUT2D eigenvalue weighted by atomic mass is 32.2. The van der Waals surface area contributed by atoms with E-state index in [1.807, 2.05) is 23.6 Å². The van der Waals surface area contributed by atoms with Crippen LogP contribution < -0.4 is 10.5 Å². The van der Waals surface area contributed by atoms with E-state index in [2.05, 4.69) is 11.9 Å². The number of amides is 1. The third kappa shape index (κ3) is 4.99. The summed E-state index contributed by atoms with van der Waals surface area (Å²) < 4.78 is 16.0. The number of fused-ring (bicyclic) bond motifs is 1. The van der Waals surface area contributed by atoms with Crippen molar-refractivity contribution >= 4 is 50.7 Å². The van der Waals surface area contributed by atoms with Crippen LogP contribution in [0.15, 0.2) is 63.9 Å². The first-order valence-corrected chi connectivity index (χ1v) is 12.5. The van der Waals surface area contributed by atoms with E-state index >= 15 is 0 Å². The minimum atomic E-state index is -0.487. The number of halogens is 1. The Balaban J connectivity index is 1.61. The molecule has 2 heterocycles. The Hall–Kier alpha value is -3.04. The summed E-state index contributed by atoms with van der Waals surface area (Å²) in [5, 5.41) is 3.49. The van der Waals surface area contributed by atoms with Gasteiger partial charge in [-0.1, -0.05) is 49.4 Å². The van der Waals surface area contributed by atoms with Crippen LogP contribution >= 0.6 is 23.1 Å². The summed E-state index contributed by atoms with van der Waals surface area (Å²) >= 11 is 2.70. The van der Waals surface area contributed by atoms with E-state index in [1.54, 1.807) is 28.8 Å². The highest BCUT2D eigenvalue weighted by Gasteiger charge is 2.21. The van der Waals surface area contributed by atoms with Crippen LogP contribution in [0.5, 0.6) is 0 Å². The van der Waals surface area contributed by atoms with Gasteiger partial charge >= 0.3 is 0 Å². The van der Waals surface area contributed by atoms with Crippen LogP contribution in [0.3, 0.4) is 0 Å². The molecule has 0 aliphatic heterocycles. The van der Waals surface area contributed by atoms with Crippen LogP contribution in [0.4, 0.5) is 15.2 Å². The van der Waals surface area contributed by atoms with Gasteiger partial charge in [-0.15, -0.1) is 11.3 Å². The van der Waals surface area contributed by atoms with Crippen molar-refractivity contribution in [2.75, 3.05) is 4.90 Å². The molecular formula is C24H23FN4O2S2. The molecule has 170 valence electrons. The van der Waals surface area contributed by atoms with Gasteiger partial charge in [0.05, 0.1) is 22.3 Å². The van der Waals surface area contributed by atoms with E-state index in [4.69, 9.17) is 4.98 Å². The zero-order valence-corrected chi connectivity index (χ0v) is 20.0. The molecule has 0 N–H and O–H groups in total. The molecule has 0 aliphatic rings. The number of unbranched alkanes of at least 4 members (excludes halogenated alkanes) is 1. The number of hydrogen-bond donors (Lipinski definition) is 0. The molecule has 0 radical (unpaired) electrons. The van der Waals surface area contributed by atoms with E-state index in [-0.39, 0.29) is 17.2 Å². The molecule has 33 heavy (non-hydrogen) atoms. The first-order chi connectivity index (χ1) is 16.0. The number of benzene rings is 2. The van der Waals surface area contributed by atoms with Crippen molar-refractivity contribution in [2.24, 2.45) is 0 Å². The second-order valence-corrected chi connectivity index (χ2v) is 9.22. The molecule has 0 saturated carbocycles. The van der Waals surface area contributed by atoms with Gasteiger partial charge in [-0.2, -0.15) is 0 Å². The maximum atomic E-state index is 14.3. The van der Waals surface area contributed by atoms with Crippen LogP contribution in [0.1, 0.15) is 32.4 Å². The number of aromatic nitrogens is 3. The summed E-state index contributed by atoms with van der Waals surface area (Å²) in [5.41, 5.74) is 1.52. The summed E-state index contributed by atoms with van der Waals surface area (Å²) in [4.78, 5) is 35.9. The van der Waals surface area contributed by atoms with Gasteiger partial charge in [0.2, 0.25) is 5.91 Å². The predicted octanol–water partition coefficient (Wildman–Crippen LogP) is 5.77. The monoisotopic (exact) mass is 482 g/mol. The van der Waals surface area contributed by atoms with Gasteiger partial charge in [-0.25, -0.2) is 14.4 Å². The second-order valence-electron chi connectivity index (χ2n) is 7.44. The molecule has 0 bridgehead atoms. The topological polar surface area (TPSA) is 68.1 Å². The Labute approximate surface area is 199 Å². The van der Waals surface area contributed by atoms with E-state index in [9.17, 15) is 14.0 Å². The molecule has 0 saturated heterocycles. The number of thioether (sulfide) groups is 1. The smallest absolute Gasteiger partial charge is 0.262 e. The van der Waals surface area contributed by atoms with E-state index in [1.165, 1.54) is 41.0 Å². The number of nitrogens with zero attached hydrogens (tertiary/aromatic N) is 4. The maximum Gasteiger partial charge on any atom is 0.262 e. The standard InChI is InChI=1S/C24H23FN4O2S2/c1-3-4-13-28-22(31)18-9-5-7-11-20(18)27-23(28)32-14-17-15-33-24(26-17)29(16(2)30)21-12-8-6-10-19(21)25/h5-12,15H,3-4,13-14H2,1-2H3. The molecule has 2 aromatic carbocycles. The molecule has 0 atom stereocenters. The van der Waals surface area contributed by atoms with Gasteiger partial charge < -0.3 is 0 Å². The largest absolute Gasteiger partial charge is 0.287 e. The quantitative estimate of drug-likeness (QED) is 0.236. The third-order valence-corrected chi connectivity index (χ3v) is 6.93. The predicted molar refractivity (Wildman–Crippen MR) is 132 cm³/mol. The van der Waals surface area contributed by atoms with Crippen molar-refractivity contribution in [2.45, 2.75) is 44.1 Å². The number of carbonyl (C=O) groups excluding carboxylic acids is 1. The number of hydrogen-bond acceptors (Lipinski definition) is 6. The number of carbonyl (C=O) groups is 1. The van der Waals surface area contributed by atoms with Crippen molar-refractivity contribution in [3.05, 3.63) is 75.8 Å². The van der Waals surface area contributed by atoms with Gasteiger partial charge in [0.25, 0.3) is 5.56 Å². The summed E-state index contributed by atoms with van der Waals surface area (Å²) in [7, 11) is 0. The van der Waals surface area contributed by atoms with Crippen LogP contribution in [0.25, 0.3) is 10.9 Å². The molecule has 0 spiro atoms. The Morgan fingerprint density at radius 3 is 2.67 bits per heavy atom. The van der Waals surface area contributed by atoms with Crippen LogP contribution in [0.2, 0.25) is 0 Å². The normalized spacial score (nSPS) is 11.1. The van der Waals surface area contributed by atoms with Crippen molar-refractivity contribution in [3.63, 3.8) is 0 Å². The lowest BCUT2D eigenvalue weighted by molar-refractivity contribution is -0.115. The molecule has 9 heteroatoms. The highest BCUT2D eigenvalue weighted by Crippen LogP contribution is 2.32. The molecule has 1 amide bonds. The van der Waals surface area contributed by atoms with E-state index < -0.39 is 5.82 Å². The third-order valence-electron chi connectivity index (χ3n) is 5.05. The fourth-order valence-corrected chi connectivity index (χ4v) is 5.32. The Morgan fingerprint density at radius 2 is 1.91 bits per heavy atom. The second kappa shape index (κ2) is 10.3. The molecule has 0 fully saturated rings. The fourth-order valence-electron chi connectivity index (χ4n) is 3.42. The zero-order valence-electron chi connectivity index (χ0n) is 18.3. The summed E-state index contributed by atoms with van der Waals surface area (Å²) in [6, 6.07) is 13.5. The van der Waals surface area contributed by atoms with Crippen molar-refractivity contribution < 1.29 is 9.18 Å². The zero-order chi connectivity index (χ0) is 23.4. The number of para-hydroxylation sites is 2. The lowest BCUT2D eigenvalue weighted by atomic mass is 10.2. The number of rotatable bonds is 8. The number of anilines is 2. The SMILES string of the molecule is CCCCn1c(SCc2csc(N(C(C)=O)c3ccccc3F)n2)nc2ccccc2c1=O. The molecule has 2 aromatic heterocycles. The van der Waals surface area contributed by atoms with Crippen molar-refractivity contribution in [3.8, 4) is 0 Å². The van der Waals surface area contributed by atoms with E-state index in [0.29, 0.717) is 33.5 Å². The van der Waals surface area contributed by atoms with Crippen LogP contribution in [0, 0.1) is 5.82 Å². The number of thiazole rings is 1. The van der Waals surface area contributed by atoms with Crippen LogP contribution in [-0.4, -0.2) is 20.4 Å². The minimum Gasteiger partial charge on any atom is -0.287 e. The van der Waals surface area contributed by atoms with Crippen molar-refractivity contribution in [1.29, 1.82) is 0 Å². The van der Waals surface area contributed by atoms with Gasteiger partial charge in [-0.05, 0) is 30.7 Å². The van der Waals surface area contributed by atoms with E-state index in [0.717, 1.165) is 18.5 Å². The first-order valence-electron chi connectivity index (χ1n) is 10.6. The summed E-state index contributed by atoms with van der Waals surface area (Å²) in [6.07, 6.45) is 1.85. The Kier molecular flexibility index (Phi) is 7.20. The lowest BCUT2D eigenvalue weighted by Gasteiger charge is -2.18.